The molecule has 1 N–H and O–H groups in total. The molecule has 15 heavy (non-hydrogen) atoms. The first kappa shape index (κ1) is 11.5. The van der Waals surface area contributed by atoms with Crippen LogP contribution >= 0.6 is 0 Å². The average Bonchev–Trinajstić information content (AvgIpc) is 2.53. The van der Waals surface area contributed by atoms with Gasteiger partial charge in [0.1, 0.15) is 11.9 Å². The van der Waals surface area contributed by atoms with E-state index < -0.39 is 11.7 Å². The van der Waals surface area contributed by atoms with Crippen molar-refractivity contribution < 1.29 is 9.53 Å². The van der Waals surface area contributed by atoms with Crippen LogP contribution in [0.5, 0.6) is 0 Å². The van der Waals surface area contributed by atoms with Gasteiger partial charge in [0, 0.05) is 13.1 Å². The van der Waals surface area contributed by atoms with Crippen LogP contribution in [0.15, 0.2) is 6.33 Å². The fraction of sp³-hybridized carbons (Fsp3) is 0.667. The standard InChI is InChI=1S/C9H15N4O2/c1-9(2,3)15-8(14)10-4-5-13-6-11-12-7-13/h6H,4-5H2,1-3H3,(H,10,14). The van der Waals surface area contributed by atoms with E-state index in [9.17, 15) is 4.79 Å². The SMILES string of the molecule is CC(C)(C)OC(=O)NCCn1[c]nnc1. The number of carbonyl (C=O) groups excluding carboxylic acids is 1. The number of nitrogens with zero attached hydrogens (tertiary/aromatic N) is 3. The number of hydrogen-bond donors (Lipinski definition) is 1. The highest BCUT2D eigenvalue weighted by atomic mass is 16.6. The van der Waals surface area contributed by atoms with Crippen LogP contribution in [-0.4, -0.2) is 33.0 Å². The molecule has 0 aromatic carbocycles. The molecule has 0 aliphatic carbocycles. The van der Waals surface area contributed by atoms with Gasteiger partial charge in [-0.15, -0.1) is 10.2 Å². The van der Waals surface area contributed by atoms with Crippen LogP contribution < -0.4 is 5.32 Å². The third kappa shape index (κ3) is 4.99. The van der Waals surface area contributed by atoms with Crippen LogP contribution in [0.3, 0.4) is 0 Å². The van der Waals surface area contributed by atoms with Gasteiger partial charge < -0.3 is 14.6 Å². The maximum atomic E-state index is 11.2. The minimum absolute atomic E-state index is 0.421. The van der Waals surface area contributed by atoms with Crippen molar-refractivity contribution in [3.8, 4) is 0 Å². The molecular formula is C9H15N4O2. The summed E-state index contributed by atoms with van der Waals surface area (Å²) in [7, 11) is 0. The molecule has 1 radical (unpaired) electrons. The van der Waals surface area contributed by atoms with Crippen LogP contribution in [0.2, 0.25) is 0 Å². The smallest absolute Gasteiger partial charge is 0.407 e. The molecule has 1 aromatic rings. The summed E-state index contributed by atoms with van der Waals surface area (Å²) in [5.74, 6) is 0. The Balaban J connectivity index is 2.18. The lowest BCUT2D eigenvalue weighted by Crippen LogP contribution is -2.34. The number of amides is 1. The van der Waals surface area contributed by atoms with Crippen molar-refractivity contribution in [3.63, 3.8) is 0 Å². The lowest BCUT2D eigenvalue weighted by atomic mass is 10.2. The Morgan fingerprint density at radius 1 is 1.60 bits per heavy atom. The molecule has 0 bridgehead atoms. The minimum atomic E-state index is -0.466. The first-order chi connectivity index (χ1) is 6.97. The molecular weight excluding hydrogens is 196 g/mol. The molecule has 0 unspecified atom stereocenters. The predicted octanol–water partition coefficient (Wildman–Crippen LogP) is 0.603. The van der Waals surface area contributed by atoms with Crippen LogP contribution in [0.4, 0.5) is 4.79 Å². The van der Waals surface area contributed by atoms with Gasteiger partial charge in [-0.3, -0.25) is 0 Å². The number of hydrogen-bond acceptors (Lipinski definition) is 4. The number of rotatable bonds is 3. The number of aromatic nitrogens is 3. The zero-order chi connectivity index (χ0) is 11.3. The lowest BCUT2D eigenvalue weighted by Gasteiger charge is -2.19. The summed E-state index contributed by atoms with van der Waals surface area (Å²) in [6, 6.07) is 0. The lowest BCUT2D eigenvalue weighted by molar-refractivity contribution is 0.0526. The average molecular weight is 211 g/mol. The van der Waals surface area contributed by atoms with Gasteiger partial charge in [0.05, 0.1) is 0 Å². The van der Waals surface area contributed by atoms with Gasteiger partial charge in [0.2, 0.25) is 6.33 Å². The Kier molecular flexibility index (Phi) is 3.65. The van der Waals surface area contributed by atoms with Crippen LogP contribution in [-0.2, 0) is 11.3 Å². The van der Waals surface area contributed by atoms with E-state index in [2.05, 4.69) is 21.8 Å². The largest absolute Gasteiger partial charge is 0.444 e. The van der Waals surface area contributed by atoms with E-state index in [0.717, 1.165) is 0 Å². The van der Waals surface area contributed by atoms with Crippen molar-refractivity contribution in [1.29, 1.82) is 0 Å². The first-order valence-corrected chi connectivity index (χ1v) is 4.70. The molecule has 0 fully saturated rings. The Bertz CT molecular complexity index is 302. The molecule has 0 saturated heterocycles. The third-order valence-electron chi connectivity index (χ3n) is 1.44. The molecule has 0 spiro atoms. The Morgan fingerprint density at radius 2 is 2.33 bits per heavy atom. The molecule has 1 aromatic heterocycles. The summed E-state index contributed by atoms with van der Waals surface area (Å²) >= 11 is 0. The number of carbonyl (C=O) groups is 1. The number of nitrogens with one attached hydrogen (secondary N) is 1. The van der Waals surface area contributed by atoms with Gasteiger partial charge in [0.15, 0.2) is 0 Å². The normalized spacial score (nSPS) is 11.1. The first-order valence-electron chi connectivity index (χ1n) is 4.70. The van der Waals surface area contributed by atoms with Gasteiger partial charge in [-0.05, 0) is 20.8 Å². The van der Waals surface area contributed by atoms with Gasteiger partial charge in [0.25, 0.3) is 0 Å². The molecule has 0 atom stereocenters. The summed E-state index contributed by atoms with van der Waals surface area (Å²) < 4.78 is 6.71. The zero-order valence-corrected chi connectivity index (χ0v) is 9.15. The van der Waals surface area contributed by atoms with Gasteiger partial charge in [-0.25, -0.2) is 4.79 Å². The van der Waals surface area contributed by atoms with Crippen LogP contribution in [0.25, 0.3) is 0 Å². The van der Waals surface area contributed by atoms with Crippen molar-refractivity contribution in [2.24, 2.45) is 0 Å². The summed E-state index contributed by atoms with van der Waals surface area (Å²) in [4.78, 5) is 11.2. The van der Waals surface area contributed by atoms with E-state index >= 15 is 0 Å². The number of alkyl carbamates (subject to hydrolysis) is 1. The monoisotopic (exact) mass is 211 g/mol. The van der Waals surface area contributed by atoms with Gasteiger partial charge in [-0.2, -0.15) is 0 Å². The third-order valence-corrected chi connectivity index (χ3v) is 1.44. The second kappa shape index (κ2) is 4.77. The second-order valence-corrected chi connectivity index (χ2v) is 4.05. The summed E-state index contributed by atoms with van der Waals surface area (Å²) in [6.45, 7) is 6.50. The number of ether oxygens (including phenoxy) is 1. The molecule has 6 nitrogen and oxygen atoms in total. The molecule has 1 rings (SSSR count). The maximum Gasteiger partial charge on any atom is 0.407 e. The van der Waals surface area contributed by atoms with E-state index in [1.54, 1.807) is 4.57 Å². The summed E-state index contributed by atoms with van der Waals surface area (Å²) in [5.41, 5.74) is -0.466. The fourth-order valence-electron chi connectivity index (χ4n) is 0.898. The van der Waals surface area contributed by atoms with E-state index in [4.69, 9.17) is 4.74 Å². The molecule has 83 valence electrons. The zero-order valence-electron chi connectivity index (χ0n) is 9.15. The van der Waals surface area contributed by atoms with E-state index in [1.165, 1.54) is 6.33 Å². The quantitative estimate of drug-likeness (QED) is 0.795. The van der Waals surface area contributed by atoms with Gasteiger partial charge in [-0.1, -0.05) is 0 Å². The van der Waals surface area contributed by atoms with Crippen molar-refractivity contribution in [3.05, 3.63) is 12.7 Å². The Morgan fingerprint density at radius 3 is 2.87 bits per heavy atom. The molecule has 0 aliphatic heterocycles. The highest BCUT2D eigenvalue weighted by Gasteiger charge is 2.15. The van der Waals surface area contributed by atoms with Crippen molar-refractivity contribution >= 4 is 6.09 Å². The van der Waals surface area contributed by atoms with E-state index in [-0.39, 0.29) is 0 Å². The van der Waals surface area contributed by atoms with Crippen LogP contribution in [0, 0.1) is 6.33 Å². The summed E-state index contributed by atoms with van der Waals surface area (Å²) in [6.07, 6.45) is 3.74. The predicted molar refractivity (Wildman–Crippen MR) is 53.1 cm³/mol. The van der Waals surface area contributed by atoms with Gasteiger partial charge >= 0.3 is 6.09 Å². The molecule has 6 heteroatoms. The fourth-order valence-corrected chi connectivity index (χ4v) is 0.898. The Hall–Kier alpha value is -1.59. The molecule has 0 saturated carbocycles. The Labute approximate surface area is 88.6 Å². The van der Waals surface area contributed by atoms with Crippen molar-refractivity contribution in [2.75, 3.05) is 6.54 Å². The highest BCUT2D eigenvalue weighted by Crippen LogP contribution is 2.05. The topological polar surface area (TPSA) is 69.0 Å². The molecule has 0 aliphatic rings. The minimum Gasteiger partial charge on any atom is -0.444 e. The highest BCUT2D eigenvalue weighted by molar-refractivity contribution is 5.67. The van der Waals surface area contributed by atoms with Crippen molar-refractivity contribution in [1.82, 2.24) is 20.1 Å². The van der Waals surface area contributed by atoms with Crippen molar-refractivity contribution in [2.45, 2.75) is 32.9 Å². The molecule has 1 heterocycles. The maximum absolute atomic E-state index is 11.2. The van der Waals surface area contributed by atoms with Crippen LogP contribution in [0.1, 0.15) is 20.8 Å². The summed E-state index contributed by atoms with van der Waals surface area (Å²) in [5, 5.41) is 9.74. The van der Waals surface area contributed by atoms with E-state index in [1.807, 2.05) is 20.8 Å². The second-order valence-electron chi connectivity index (χ2n) is 4.05. The molecule has 1 amide bonds. The van der Waals surface area contributed by atoms with E-state index in [0.29, 0.717) is 13.1 Å².